The van der Waals surface area contributed by atoms with Crippen LogP contribution in [0.15, 0.2) is 0 Å². The third kappa shape index (κ3) is 4.99. The van der Waals surface area contributed by atoms with Crippen molar-refractivity contribution in [2.24, 2.45) is 5.92 Å². The van der Waals surface area contributed by atoms with Gasteiger partial charge >= 0.3 is 1.43 Å². The number of hydrogen-bond acceptors (Lipinski definition) is 1. The highest BCUT2D eigenvalue weighted by Crippen LogP contribution is 2.29. The lowest BCUT2D eigenvalue weighted by molar-refractivity contribution is 0.142. The Bertz CT molecular complexity index is 132. The molecule has 1 fully saturated rings. The minimum atomic E-state index is -0.0119. The van der Waals surface area contributed by atoms with E-state index in [1.165, 1.54) is 51.4 Å². The van der Waals surface area contributed by atoms with E-state index in [9.17, 15) is 5.11 Å². The Morgan fingerprint density at radius 1 is 1.21 bits per heavy atom. The molecule has 1 saturated carbocycles. The van der Waals surface area contributed by atoms with Crippen molar-refractivity contribution in [2.45, 2.75) is 77.2 Å². The number of rotatable bonds is 7. The Morgan fingerprint density at radius 2 is 1.93 bits per heavy atom. The van der Waals surface area contributed by atoms with E-state index in [0.717, 1.165) is 18.8 Å². The molecule has 1 rings (SSSR count). The number of aliphatic hydroxyl groups is 1. The van der Waals surface area contributed by atoms with Gasteiger partial charge in [0.2, 0.25) is 0 Å². The van der Waals surface area contributed by atoms with E-state index >= 15 is 0 Å². The van der Waals surface area contributed by atoms with Crippen molar-refractivity contribution in [2.75, 3.05) is 0 Å². The SMILES string of the molecule is CCCCC[C@H](O)CCC1CCCC1.[H+]. The molecule has 1 aliphatic carbocycles. The third-order valence-corrected chi connectivity index (χ3v) is 3.52. The predicted octanol–water partition coefficient (Wildman–Crippen LogP) is 4.01. The summed E-state index contributed by atoms with van der Waals surface area (Å²) in [6.45, 7) is 2.21. The molecule has 0 unspecified atom stereocenters. The van der Waals surface area contributed by atoms with Crippen LogP contribution in [0.4, 0.5) is 0 Å². The van der Waals surface area contributed by atoms with Crippen LogP contribution in [0.25, 0.3) is 0 Å². The fraction of sp³-hybridized carbons (Fsp3) is 1.00. The van der Waals surface area contributed by atoms with E-state index in [-0.39, 0.29) is 7.53 Å². The summed E-state index contributed by atoms with van der Waals surface area (Å²) in [6.07, 6.45) is 12.8. The summed E-state index contributed by atoms with van der Waals surface area (Å²) in [5, 5.41) is 9.74. The van der Waals surface area contributed by atoms with Gasteiger partial charge in [-0.2, -0.15) is 0 Å². The first-order valence-corrected chi connectivity index (χ1v) is 6.51. The topological polar surface area (TPSA) is 20.2 Å². The zero-order valence-corrected chi connectivity index (χ0v) is 9.67. The van der Waals surface area contributed by atoms with Gasteiger partial charge in [0.15, 0.2) is 0 Å². The quantitative estimate of drug-likeness (QED) is 0.614. The Labute approximate surface area is 90.4 Å². The molecule has 0 aromatic carbocycles. The molecular weight excluding hydrogens is 172 g/mol. The minimum absolute atomic E-state index is 0. The number of unbranched alkanes of at least 4 members (excludes halogenated alkanes) is 2. The molecule has 1 aliphatic rings. The normalized spacial score (nSPS) is 20.1. The lowest BCUT2D eigenvalue weighted by Crippen LogP contribution is -2.08. The van der Waals surface area contributed by atoms with Crippen molar-refractivity contribution in [3.63, 3.8) is 0 Å². The Kier molecular flexibility index (Phi) is 6.25. The second-order valence-electron chi connectivity index (χ2n) is 4.88. The van der Waals surface area contributed by atoms with Crippen LogP contribution in [0.2, 0.25) is 0 Å². The number of aliphatic hydroxyl groups excluding tert-OH is 1. The smallest absolute Gasteiger partial charge is 0.393 e. The van der Waals surface area contributed by atoms with Crippen molar-refractivity contribution in [3.8, 4) is 0 Å². The highest BCUT2D eigenvalue weighted by atomic mass is 16.3. The van der Waals surface area contributed by atoms with Gasteiger partial charge in [0.05, 0.1) is 6.10 Å². The molecule has 0 radical (unpaired) electrons. The molecule has 0 amide bonds. The largest absolute Gasteiger partial charge is 1.00 e. The van der Waals surface area contributed by atoms with Gasteiger partial charge in [-0.15, -0.1) is 0 Å². The fourth-order valence-electron chi connectivity index (χ4n) is 2.50. The first-order chi connectivity index (χ1) is 6.83. The molecule has 1 nitrogen and oxygen atoms in total. The average molecular weight is 199 g/mol. The van der Waals surface area contributed by atoms with E-state index in [1.54, 1.807) is 0 Å². The third-order valence-electron chi connectivity index (χ3n) is 3.52. The van der Waals surface area contributed by atoms with Crippen LogP contribution in [-0.4, -0.2) is 11.2 Å². The standard InChI is InChI=1S/C13H26O/c1-2-3-4-9-13(14)11-10-12-7-5-6-8-12/h12-14H,2-11H2,1H3/p+1/t13-/m0/s1. The highest BCUT2D eigenvalue weighted by molar-refractivity contribution is 4.69. The van der Waals surface area contributed by atoms with Crippen molar-refractivity contribution in [1.82, 2.24) is 0 Å². The molecule has 0 aromatic heterocycles. The van der Waals surface area contributed by atoms with Gasteiger partial charge in [0.1, 0.15) is 0 Å². The zero-order chi connectivity index (χ0) is 10.2. The molecule has 84 valence electrons. The second kappa shape index (κ2) is 7.28. The van der Waals surface area contributed by atoms with Gasteiger partial charge in [0.25, 0.3) is 0 Å². The molecule has 0 saturated heterocycles. The molecule has 0 aliphatic heterocycles. The maximum absolute atomic E-state index is 9.74. The Hall–Kier alpha value is -0.0400. The molecule has 1 N–H and O–H groups in total. The maximum Gasteiger partial charge on any atom is 1.00 e. The fourth-order valence-corrected chi connectivity index (χ4v) is 2.50. The van der Waals surface area contributed by atoms with Crippen molar-refractivity contribution in [1.29, 1.82) is 0 Å². The van der Waals surface area contributed by atoms with E-state index < -0.39 is 0 Å². The second-order valence-corrected chi connectivity index (χ2v) is 4.88. The van der Waals surface area contributed by atoms with Crippen LogP contribution in [0.1, 0.15) is 72.6 Å². The number of hydrogen-bond donors (Lipinski definition) is 1. The van der Waals surface area contributed by atoms with E-state index in [0.29, 0.717) is 0 Å². The van der Waals surface area contributed by atoms with Crippen LogP contribution < -0.4 is 0 Å². The lowest BCUT2D eigenvalue weighted by Gasteiger charge is -2.13. The van der Waals surface area contributed by atoms with Crippen molar-refractivity contribution in [3.05, 3.63) is 0 Å². The van der Waals surface area contributed by atoms with E-state index in [1.807, 2.05) is 0 Å². The van der Waals surface area contributed by atoms with Crippen LogP contribution in [-0.2, 0) is 0 Å². The minimum Gasteiger partial charge on any atom is -0.393 e. The van der Waals surface area contributed by atoms with Crippen LogP contribution in [0.3, 0.4) is 0 Å². The van der Waals surface area contributed by atoms with Gasteiger partial charge in [0, 0.05) is 0 Å². The Morgan fingerprint density at radius 3 is 2.57 bits per heavy atom. The molecule has 0 bridgehead atoms. The van der Waals surface area contributed by atoms with E-state index in [2.05, 4.69) is 6.92 Å². The first kappa shape index (κ1) is 12.0. The summed E-state index contributed by atoms with van der Waals surface area (Å²) in [5.41, 5.74) is 0. The van der Waals surface area contributed by atoms with Crippen molar-refractivity contribution >= 4 is 0 Å². The van der Waals surface area contributed by atoms with Crippen LogP contribution in [0.5, 0.6) is 0 Å². The summed E-state index contributed by atoms with van der Waals surface area (Å²) in [6, 6.07) is 0. The zero-order valence-electron chi connectivity index (χ0n) is 10.7. The summed E-state index contributed by atoms with van der Waals surface area (Å²) in [7, 11) is 0. The summed E-state index contributed by atoms with van der Waals surface area (Å²) in [4.78, 5) is 0. The monoisotopic (exact) mass is 199 g/mol. The molecule has 14 heavy (non-hydrogen) atoms. The molecule has 1 heteroatoms. The Balaban J connectivity index is 0.00000196. The molecule has 0 heterocycles. The van der Waals surface area contributed by atoms with Crippen LogP contribution >= 0.6 is 0 Å². The summed E-state index contributed by atoms with van der Waals surface area (Å²) < 4.78 is 0. The predicted molar refractivity (Wildman–Crippen MR) is 62.5 cm³/mol. The first-order valence-electron chi connectivity index (χ1n) is 6.51. The lowest BCUT2D eigenvalue weighted by atomic mass is 9.97. The van der Waals surface area contributed by atoms with Gasteiger partial charge < -0.3 is 5.11 Å². The summed E-state index contributed by atoms with van der Waals surface area (Å²) in [5.74, 6) is 0.941. The van der Waals surface area contributed by atoms with Crippen LogP contribution in [0, 0.1) is 5.92 Å². The van der Waals surface area contributed by atoms with Gasteiger partial charge in [-0.1, -0.05) is 51.9 Å². The molecule has 0 aromatic rings. The van der Waals surface area contributed by atoms with Gasteiger partial charge in [-0.3, -0.25) is 0 Å². The van der Waals surface area contributed by atoms with Gasteiger partial charge in [-0.25, -0.2) is 0 Å². The maximum atomic E-state index is 9.74. The molecular formula is C13H27O+. The van der Waals surface area contributed by atoms with Crippen molar-refractivity contribution < 1.29 is 6.53 Å². The molecule has 1 atom stereocenters. The highest BCUT2D eigenvalue weighted by Gasteiger charge is 2.16. The van der Waals surface area contributed by atoms with Gasteiger partial charge in [-0.05, 0) is 25.2 Å². The average Bonchev–Trinajstić information content (AvgIpc) is 2.68. The summed E-state index contributed by atoms with van der Waals surface area (Å²) >= 11 is 0. The molecule has 0 spiro atoms. The van der Waals surface area contributed by atoms with E-state index in [4.69, 9.17) is 0 Å².